The predicted octanol–water partition coefficient (Wildman–Crippen LogP) is 2.61. The van der Waals surface area contributed by atoms with E-state index >= 15 is 0 Å². The summed E-state index contributed by atoms with van der Waals surface area (Å²) in [6, 6.07) is 9.87. The van der Waals surface area contributed by atoms with Crippen LogP contribution in [0.5, 0.6) is 0 Å². The number of hydrogen-bond donors (Lipinski definition) is 2. The second-order valence-electron chi connectivity index (χ2n) is 5.01. The Hall–Kier alpha value is -2.28. The molecule has 0 bridgehead atoms. The van der Waals surface area contributed by atoms with E-state index in [1.165, 1.54) is 10.5 Å². The molecule has 114 valence electrons. The van der Waals surface area contributed by atoms with Gasteiger partial charge in [-0.2, -0.15) is 17.6 Å². The van der Waals surface area contributed by atoms with Crippen molar-refractivity contribution in [1.29, 1.82) is 0 Å². The number of benzene rings is 1. The molecule has 1 fully saturated rings. The molecule has 7 heteroatoms. The number of amides is 1. The number of nitrogens with zero attached hydrogens (tertiary/aromatic N) is 3. The molecule has 3 rings (SSSR count). The fourth-order valence-electron chi connectivity index (χ4n) is 2.11. The van der Waals surface area contributed by atoms with E-state index in [0.29, 0.717) is 18.3 Å². The van der Waals surface area contributed by atoms with Gasteiger partial charge in [-0.25, -0.2) is 14.7 Å². The van der Waals surface area contributed by atoms with E-state index in [2.05, 4.69) is 40.0 Å². The smallest absolute Gasteiger partial charge is 0.416 e. The highest BCUT2D eigenvalue weighted by molar-refractivity contribution is 7.81. The fourth-order valence-corrected chi connectivity index (χ4v) is 2.40. The number of ether oxygens (including phenoxy) is 1. The zero-order chi connectivity index (χ0) is 15.5. The molecule has 1 aromatic carbocycles. The first-order valence-electron chi connectivity index (χ1n) is 6.90. The van der Waals surface area contributed by atoms with Gasteiger partial charge in [0, 0.05) is 12.7 Å². The third-order valence-corrected chi connectivity index (χ3v) is 3.69. The Morgan fingerprint density at radius 1 is 1.36 bits per heavy atom. The molecule has 1 N–H and O–H groups in total. The van der Waals surface area contributed by atoms with Crippen LogP contribution in [-0.2, 0) is 11.3 Å². The lowest BCUT2D eigenvalue weighted by Crippen LogP contribution is -2.30. The molecule has 1 amide bonds. The van der Waals surface area contributed by atoms with Crippen LogP contribution in [0.2, 0.25) is 0 Å². The Balaban J connectivity index is 1.71. The number of rotatable bonds is 4. The van der Waals surface area contributed by atoms with Crippen molar-refractivity contribution in [3.8, 4) is 0 Å². The molecule has 1 aliphatic heterocycles. The first kappa shape index (κ1) is 14.6. The summed E-state index contributed by atoms with van der Waals surface area (Å²) in [6.07, 6.45) is 1.16. The van der Waals surface area contributed by atoms with Crippen molar-refractivity contribution in [3.05, 3.63) is 47.7 Å². The lowest BCUT2D eigenvalue weighted by atomic mass is 10.1. The minimum absolute atomic E-state index is 0.248. The van der Waals surface area contributed by atoms with Crippen molar-refractivity contribution in [2.24, 2.45) is 0 Å². The Morgan fingerprint density at radius 2 is 2.14 bits per heavy atom. The number of thiol groups is 1. The maximum absolute atomic E-state index is 11.7. The largest absolute Gasteiger partial charge is 0.446 e. The molecule has 0 aliphatic carbocycles. The Labute approximate surface area is 133 Å². The van der Waals surface area contributed by atoms with Gasteiger partial charge < -0.3 is 10.1 Å². The first-order valence-corrected chi connectivity index (χ1v) is 7.41. The average Bonchev–Trinajstić information content (AvgIpc) is 2.86. The molecular weight excluding hydrogens is 300 g/mol. The maximum atomic E-state index is 11.7. The molecule has 1 aromatic heterocycles. The highest BCUT2D eigenvalue weighted by Crippen LogP contribution is 2.23. The van der Waals surface area contributed by atoms with Gasteiger partial charge in [-0.3, -0.25) is 0 Å². The summed E-state index contributed by atoms with van der Waals surface area (Å²) in [7, 11) is 0. The third kappa shape index (κ3) is 3.14. The molecule has 1 atom stereocenters. The molecule has 1 saturated heterocycles. The van der Waals surface area contributed by atoms with Crippen molar-refractivity contribution in [2.75, 3.05) is 16.8 Å². The minimum atomic E-state index is -0.441. The van der Waals surface area contributed by atoms with Crippen molar-refractivity contribution in [3.63, 3.8) is 0 Å². The summed E-state index contributed by atoms with van der Waals surface area (Å²) in [4.78, 5) is 21.6. The molecule has 22 heavy (non-hydrogen) atoms. The van der Waals surface area contributed by atoms with Gasteiger partial charge in [0.2, 0.25) is 5.95 Å². The zero-order valence-corrected chi connectivity index (χ0v) is 13.0. The van der Waals surface area contributed by atoms with Crippen LogP contribution in [0, 0.1) is 6.92 Å². The topological polar surface area (TPSA) is 67.4 Å². The molecule has 0 saturated carbocycles. The van der Waals surface area contributed by atoms with Crippen molar-refractivity contribution >= 4 is 30.5 Å². The maximum Gasteiger partial charge on any atom is 0.416 e. The minimum Gasteiger partial charge on any atom is -0.446 e. The van der Waals surface area contributed by atoms with E-state index in [9.17, 15) is 4.79 Å². The monoisotopic (exact) mass is 316 g/mol. The summed E-state index contributed by atoms with van der Waals surface area (Å²) < 4.78 is 4.94. The van der Waals surface area contributed by atoms with Crippen molar-refractivity contribution in [2.45, 2.75) is 18.8 Å². The summed E-state index contributed by atoms with van der Waals surface area (Å²) in [6.45, 7) is 2.91. The molecule has 2 heterocycles. The van der Waals surface area contributed by atoms with Gasteiger partial charge in [0.05, 0.1) is 0 Å². The van der Waals surface area contributed by atoms with Gasteiger partial charge in [-0.05, 0) is 18.6 Å². The van der Waals surface area contributed by atoms with Crippen LogP contribution in [0.1, 0.15) is 11.1 Å². The number of anilines is 2. The van der Waals surface area contributed by atoms with Crippen molar-refractivity contribution in [1.82, 2.24) is 9.97 Å². The van der Waals surface area contributed by atoms with E-state index in [4.69, 9.17) is 4.74 Å². The van der Waals surface area contributed by atoms with Crippen LogP contribution < -0.4 is 10.2 Å². The van der Waals surface area contributed by atoms with Crippen LogP contribution in [0.4, 0.5) is 16.6 Å². The third-order valence-electron chi connectivity index (χ3n) is 3.31. The van der Waals surface area contributed by atoms with Gasteiger partial charge in [0.1, 0.15) is 17.8 Å². The number of cyclic esters (lactones) is 1. The summed E-state index contributed by atoms with van der Waals surface area (Å²) in [5.41, 5.74) is 2.35. The summed E-state index contributed by atoms with van der Waals surface area (Å²) in [5.74, 6) is 0.933. The molecule has 0 spiro atoms. The van der Waals surface area contributed by atoms with Crippen LogP contribution >= 0.6 is 12.6 Å². The quantitative estimate of drug-likeness (QED) is 0.849. The SMILES string of the molecule is Cc1ccc(CNc2nccc(N3C(=O)OCC3S)n2)cc1. The molecule has 6 nitrogen and oxygen atoms in total. The van der Waals surface area contributed by atoms with E-state index in [-0.39, 0.29) is 12.0 Å². The van der Waals surface area contributed by atoms with E-state index in [0.717, 1.165) is 5.56 Å². The molecule has 1 unspecified atom stereocenters. The average molecular weight is 316 g/mol. The number of nitrogens with one attached hydrogen (secondary N) is 1. The number of carbonyl (C=O) groups excluding carboxylic acids is 1. The van der Waals surface area contributed by atoms with E-state index < -0.39 is 6.09 Å². The normalized spacial score (nSPS) is 17.5. The van der Waals surface area contributed by atoms with E-state index in [1.807, 2.05) is 19.1 Å². The fraction of sp³-hybridized carbons (Fsp3) is 0.267. The Kier molecular flexibility index (Phi) is 4.15. The highest BCUT2D eigenvalue weighted by atomic mass is 32.1. The summed E-state index contributed by atoms with van der Waals surface area (Å²) >= 11 is 4.31. The highest BCUT2D eigenvalue weighted by Gasteiger charge is 2.32. The van der Waals surface area contributed by atoms with Gasteiger partial charge in [0.25, 0.3) is 0 Å². The number of carbonyl (C=O) groups is 1. The Morgan fingerprint density at radius 3 is 2.82 bits per heavy atom. The predicted molar refractivity (Wildman–Crippen MR) is 87.1 cm³/mol. The zero-order valence-electron chi connectivity index (χ0n) is 12.1. The van der Waals surface area contributed by atoms with Gasteiger partial charge >= 0.3 is 6.09 Å². The number of hydrogen-bond acceptors (Lipinski definition) is 6. The van der Waals surface area contributed by atoms with Crippen molar-refractivity contribution < 1.29 is 9.53 Å². The lowest BCUT2D eigenvalue weighted by molar-refractivity contribution is 0.180. The molecule has 2 aromatic rings. The van der Waals surface area contributed by atoms with Gasteiger partial charge in [-0.1, -0.05) is 29.8 Å². The number of aromatic nitrogens is 2. The molecular formula is C15H16N4O2S. The van der Waals surface area contributed by atoms with Gasteiger partial charge in [-0.15, -0.1) is 0 Å². The van der Waals surface area contributed by atoms with Crippen LogP contribution in [0.15, 0.2) is 36.5 Å². The Bertz CT molecular complexity index is 677. The standard InChI is InChI=1S/C15H16N4O2S/c1-10-2-4-11(5-3-10)8-17-14-16-7-6-12(18-14)19-13(22)9-21-15(19)20/h2-7,13,22H,8-9H2,1H3,(H,16,17,18). The molecule has 0 radical (unpaired) electrons. The van der Waals surface area contributed by atoms with Crippen LogP contribution in [0.3, 0.4) is 0 Å². The van der Waals surface area contributed by atoms with E-state index in [1.54, 1.807) is 12.3 Å². The summed E-state index contributed by atoms with van der Waals surface area (Å²) in [5, 5.41) is 2.82. The lowest BCUT2D eigenvalue weighted by Gasteiger charge is -2.16. The first-order chi connectivity index (χ1) is 10.6. The van der Waals surface area contributed by atoms with Gasteiger partial charge in [0.15, 0.2) is 0 Å². The second kappa shape index (κ2) is 6.23. The second-order valence-corrected chi connectivity index (χ2v) is 5.60. The van der Waals surface area contributed by atoms with Crippen LogP contribution in [0.25, 0.3) is 0 Å². The number of aryl methyl sites for hydroxylation is 1. The van der Waals surface area contributed by atoms with Crippen LogP contribution in [-0.4, -0.2) is 28.0 Å². The molecule has 1 aliphatic rings.